The highest BCUT2D eigenvalue weighted by atomic mass is 16.5. The Hall–Kier alpha value is -1.55. The number of amides is 1. The SMILES string of the molecule is COc1ccccc1CCN1CCC(CN(C)C(=O)C2CC23CCCCC3)CC1. The van der Waals surface area contributed by atoms with Gasteiger partial charge in [0.15, 0.2) is 0 Å². The molecule has 0 radical (unpaired) electrons. The number of methoxy groups -OCH3 is 1. The molecule has 1 aliphatic heterocycles. The Balaban J connectivity index is 1.18. The lowest BCUT2D eigenvalue weighted by atomic mass is 9.84. The van der Waals surface area contributed by atoms with Gasteiger partial charge in [0.1, 0.15) is 5.75 Å². The van der Waals surface area contributed by atoms with Crippen molar-refractivity contribution >= 4 is 5.91 Å². The molecule has 2 aliphatic carbocycles. The standard InChI is InChI=1S/C25H38N2O2/c1-26(24(28)22-18-25(22)13-6-3-7-14-25)19-20-10-15-27(16-11-20)17-12-21-8-4-5-9-23(21)29-2/h4-5,8-9,20,22H,3,6-7,10-19H2,1-2H3. The van der Waals surface area contributed by atoms with E-state index in [1.807, 2.05) is 19.2 Å². The molecular formula is C25H38N2O2. The smallest absolute Gasteiger partial charge is 0.226 e. The van der Waals surface area contributed by atoms with Gasteiger partial charge in [-0.15, -0.1) is 0 Å². The topological polar surface area (TPSA) is 32.8 Å². The largest absolute Gasteiger partial charge is 0.496 e. The average Bonchev–Trinajstić information content (AvgIpc) is 3.45. The van der Waals surface area contributed by atoms with Crippen molar-refractivity contribution < 1.29 is 9.53 Å². The molecular weight excluding hydrogens is 360 g/mol. The predicted octanol–water partition coefficient (Wildman–Crippen LogP) is 4.38. The summed E-state index contributed by atoms with van der Waals surface area (Å²) >= 11 is 0. The highest BCUT2D eigenvalue weighted by Crippen LogP contribution is 2.61. The minimum Gasteiger partial charge on any atom is -0.496 e. The number of ether oxygens (including phenoxy) is 1. The molecule has 4 rings (SSSR count). The molecule has 1 heterocycles. The number of hydrogen-bond acceptors (Lipinski definition) is 3. The molecule has 1 amide bonds. The Bertz CT molecular complexity index is 690. The Morgan fingerprint density at radius 1 is 1.17 bits per heavy atom. The molecule has 1 saturated heterocycles. The van der Waals surface area contributed by atoms with E-state index in [-0.39, 0.29) is 0 Å². The van der Waals surface area contributed by atoms with Gasteiger partial charge in [0.05, 0.1) is 7.11 Å². The first-order chi connectivity index (χ1) is 14.1. The molecule has 0 aromatic heterocycles. The van der Waals surface area contributed by atoms with Crippen molar-refractivity contribution in [3.8, 4) is 5.75 Å². The lowest BCUT2D eigenvalue weighted by Gasteiger charge is -2.34. The molecule has 4 heteroatoms. The lowest BCUT2D eigenvalue weighted by molar-refractivity contribution is -0.133. The van der Waals surface area contributed by atoms with Crippen LogP contribution in [0, 0.1) is 17.3 Å². The van der Waals surface area contributed by atoms with E-state index in [2.05, 4.69) is 21.9 Å². The van der Waals surface area contributed by atoms with Gasteiger partial charge in [0.2, 0.25) is 5.91 Å². The number of carbonyl (C=O) groups is 1. The number of nitrogens with zero attached hydrogens (tertiary/aromatic N) is 2. The number of carbonyl (C=O) groups excluding carboxylic acids is 1. The van der Waals surface area contributed by atoms with Crippen LogP contribution in [-0.2, 0) is 11.2 Å². The Morgan fingerprint density at radius 2 is 1.90 bits per heavy atom. The van der Waals surface area contributed by atoms with Gasteiger partial charge in [-0.3, -0.25) is 4.79 Å². The van der Waals surface area contributed by atoms with Crippen molar-refractivity contribution in [3.05, 3.63) is 29.8 Å². The zero-order valence-corrected chi connectivity index (χ0v) is 18.4. The maximum atomic E-state index is 12.9. The molecule has 160 valence electrons. The summed E-state index contributed by atoms with van der Waals surface area (Å²) in [5.41, 5.74) is 1.70. The van der Waals surface area contributed by atoms with Crippen LogP contribution in [0.2, 0.25) is 0 Å². The molecule has 1 atom stereocenters. The van der Waals surface area contributed by atoms with E-state index < -0.39 is 0 Å². The van der Waals surface area contributed by atoms with Crippen LogP contribution in [0.1, 0.15) is 56.9 Å². The van der Waals surface area contributed by atoms with Crippen LogP contribution >= 0.6 is 0 Å². The van der Waals surface area contributed by atoms with Crippen LogP contribution in [0.3, 0.4) is 0 Å². The van der Waals surface area contributed by atoms with E-state index in [9.17, 15) is 4.79 Å². The molecule has 1 aromatic carbocycles. The first kappa shape index (κ1) is 20.7. The summed E-state index contributed by atoms with van der Waals surface area (Å²) in [4.78, 5) is 17.6. The van der Waals surface area contributed by atoms with Crippen LogP contribution in [0.25, 0.3) is 0 Å². The van der Waals surface area contributed by atoms with Crippen molar-refractivity contribution in [2.45, 2.75) is 57.8 Å². The lowest BCUT2D eigenvalue weighted by Crippen LogP contribution is -2.40. The molecule has 0 bridgehead atoms. The summed E-state index contributed by atoms with van der Waals surface area (Å²) in [5.74, 6) is 2.44. The fourth-order valence-corrected chi connectivity index (χ4v) is 5.83. The second kappa shape index (κ2) is 9.07. The quantitative estimate of drug-likeness (QED) is 0.683. The fourth-order valence-electron chi connectivity index (χ4n) is 5.83. The van der Waals surface area contributed by atoms with E-state index in [4.69, 9.17) is 4.74 Å². The summed E-state index contributed by atoms with van der Waals surface area (Å²) in [6.07, 6.45) is 11.2. The number of hydrogen-bond donors (Lipinski definition) is 0. The van der Waals surface area contributed by atoms with Gasteiger partial charge in [0, 0.05) is 26.1 Å². The third-order valence-corrected chi connectivity index (χ3v) is 7.84. The van der Waals surface area contributed by atoms with E-state index in [1.165, 1.54) is 50.5 Å². The fraction of sp³-hybridized carbons (Fsp3) is 0.720. The minimum atomic E-state index is 0.341. The molecule has 3 aliphatic rings. The first-order valence-electron chi connectivity index (χ1n) is 11.7. The Labute approximate surface area is 176 Å². The van der Waals surface area contributed by atoms with Gasteiger partial charge in [-0.2, -0.15) is 0 Å². The third kappa shape index (κ3) is 4.79. The molecule has 0 N–H and O–H groups in total. The van der Waals surface area contributed by atoms with Crippen molar-refractivity contribution in [1.82, 2.24) is 9.80 Å². The van der Waals surface area contributed by atoms with Crippen molar-refractivity contribution in [2.75, 3.05) is 40.3 Å². The summed E-state index contributed by atoms with van der Waals surface area (Å²) in [6.45, 7) is 4.34. The predicted molar refractivity (Wildman–Crippen MR) is 117 cm³/mol. The minimum absolute atomic E-state index is 0.341. The van der Waals surface area contributed by atoms with Gasteiger partial charge in [-0.1, -0.05) is 37.5 Å². The Morgan fingerprint density at radius 3 is 2.62 bits per heavy atom. The van der Waals surface area contributed by atoms with Gasteiger partial charge >= 0.3 is 0 Å². The summed E-state index contributed by atoms with van der Waals surface area (Å²) < 4.78 is 5.48. The second-order valence-corrected chi connectivity index (χ2v) is 9.75. The zero-order valence-electron chi connectivity index (χ0n) is 18.4. The summed E-state index contributed by atoms with van der Waals surface area (Å²) in [6, 6.07) is 8.34. The number of likely N-dealkylation sites (tertiary alicyclic amines) is 1. The molecule has 29 heavy (non-hydrogen) atoms. The number of para-hydroxylation sites is 1. The molecule has 3 fully saturated rings. The molecule has 1 unspecified atom stereocenters. The van der Waals surface area contributed by atoms with Gasteiger partial charge < -0.3 is 14.5 Å². The monoisotopic (exact) mass is 398 g/mol. The molecule has 2 saturated carbocycles. The summed E-state index contributed by atoms with van der Waals surface area (Å²) in [5, 5.41) is 0. The maximum Gasteiger partial charge on any atom is 0.226 e. The first-order valence-corrected chi connectivity index (χ1v) is 11.7. The van der Waals surface area contributed by atoms with Crippen LogP contribution in [0.4, 0.5) is 0 Å². The molecule has 1 aromatic rings. The highest BCUT2D eigenvalue weighted by molar-refractivity contribution is 5.82. The van der Waals surface area contributed by atoms with E-state index in [1.54, 1.807) is 7.11 Å². The van der Waals surface area contributed by atoms with Crippen LogP contribution in [-0.4, -0.2) is 56.0 Å². The van der Waals surface area contributed by atoms with E-state index in [0.717, 1.165) is 44.8 Å². The zero-order chi connectivity index (χ0) is 20.3. The number of piperidine rings is 1. The van der Waals surface area contributed by atoms with Gasteiger partial charge in [-0.25, -0.2) is 0 Å². The second-order valence-electron chi connectivity index (χ2n) is 9.75. The third-order valence-electron chi connectivity index (χ3n) is 7.84. The van der Waals surface area contributed by atoms with Crippen LogP contribution in [0.5, 0.6) is 5.75 Å². The van der Waals surface area contributed by atoms with Crippen LogP contribution in [0.15, 0.2) is 24.3 Å². The van der Waals surface area contributed by atoms with E-state index in [0.29, 0.717) is 23.2 Å². The highest BCUT2D eigenvalue weighted by Gasteiger charge is 2.58. The summed E-state index contributed by atoms with van der Waals surface area (Å²) in [7, 11) is 3.80. The average molecular weight is 399 g/mol. The number of rotatable bonds is 7. The van der Waals surface area contributed by atoms with Gasteiger partial charge in [-0.05, 0) is 74.6 Å². The van der Waals surface area contributed by atoms with Crippen molar-refractivity contribution in [1.29, 1.82) is 0 Å². The molecule has 4 nitrogen and oxygen atoms in total. The number of benzene rings is 1. The Kier molecular flexibility index (Phi) is 6.48. The van der Waals surface area contributed by atoms with E-state index >= 15 is 0 Å². The van der Waals surface area contributed by atoms with Crippen molar-refractivity contribution in [2.24, 2.45) is 17.3 Å². The van der Waals surface area contributed by atoms with Crippen molar-refractivity contribution in [3.63, 3.8) is 0 Å². The van der Waals surface area contributed by atoms with Crippen LogP contribution < -0.4 is 4.74 Å². The maximum absolute atomic E-state index is 12.9. The normalized spacial score (nSPS) is 24.4. The van der Waals surface area contributed by atoms with Gasteiger partial charge in [0.25, 0.3) is 0 Å². The molecule has 1 spiro atoms.